The highest BCUT2D eigenvalue weighted by Crippen LogP contribution is 2.55. The molecule has 156 valence electrons. The fraction of sp³-hybridized carbons (Fsp3) is 0.591. The van der Waals surface area contributed by atoms with Crippen LogP contribution in [0.3, 0.4) is 0 Å². The zero-order valence-corrected chi connectivity index (χ0v) is 16.9. The fourth-order valence-corrected chi connectivity index (χ4v) is 6.14. The summed E-state index contributed by atoms with van der Waals surface area (Å²) in [4.78, 5) is 25.1. The van der Waals surface area contributed by atoms with Gasteiger partial charge in [0.2, 0.25) is 0 Å². The Bertz CT molecular complexity index is 787. The number of carbonyl (C=O) groups excluding carboxylic acids is 2. The first kappa shape index (κ1) is 19.7. The van der Waals surface area contributed by atoms with Crippen molar-refractivity contribution < 1.29 is 14.3 Å². The van der Waals surface area contributed by atoms with E-state index < -0.39 is 12.0 Å². The summed E-state index contributed by atoms with van der Waals surface area (Å²) in [6, 6.07) is 6.04. The number of rotatable bonds is 6. The lowest BCUT2D eigenvalue weighted by molar-refractivity contribution is -0.142. The number of carbonyl (C=O) groups is 2. The van der Waals surface area contributed by atoms with Crippen LogP contribution in [0, 0.1) is 23.2 Å². The zero-order valence-electron chi connectivity index (χ0n) is 16.9. The average Bonchev–Trinajstić information content (AvgIpc) is 2.65. The summed E-state index contributed by atoms with van der Waals surface area (Å²) in [5.41, 5.74) is 6.84. The van der Waals surface area contributed by atoms with Gasteiger partial charge in [0.25, 0.3) is 0 Å². The van der Waals surface area contributed by atoms with E-state index in [1.54, 1.807) is 18.2 Å². The number of nitrogens with two attached hydrogens (primary N) is 1. The second-order valence-corrected chi connectivity index (χ2v) is 9.19. The minimum atomic E-state index is -0.795. The van der Waals surface area contributed by atoms with Crippen LogP contribution < -0.4 is 16.4 Å². The maximum absolute atomic E-state index is 12.8. The van der Waals surface area contributed by atoms with Crippen LogP contribution in [0.1, 0.15) is 49.7 Å². The van der Waals surface area contributed by atoms with Crippen molar-refractivity contribution in [1.82, 2.24) is 10.6 Å². The Morgan fingerprint density at radius 1 is 1.21 bits per heavy atom. The predicted octanol–water partition coefficient (Wildman–Crippen LogP) is 2.32. The molecule has 7 heteroatoms. The van der Waals surface area contributed by atoms with E-state index >= 15 is 0 Å². The molecule has 0 radical (unpaired) electrons. The van der Waals surface area contributed by atoms with E-state index in [4.69, 9.17) is 15.9 Å². The van der Waals surface area contributed by atoms with E-state index in [2.05, 4.69) is 10.6 Å². The first-order valence-electron chi connectivity index (χ1n) is 10.5. The fourth-order valence-electron chi connectivity index (χ4n) is 6.14. The van der Waals surface area contributed by atoms with Crippen LogP contribution >= 0.6 is 0 Å². The van der Waals surface area contributed by atoms with E-state index in [0.29, 0.717) is 5.56 Å². The summed E-state index contributed by atoms with van der Waals surface area (Å²) in [7, 11) is 1.32. The van der Waals surface area contributed by atoms with Crippen molar-refractivity contribution in [3.63, 3.8) is 0 Å². The van der Waals surface area contributed by atoms with Gasteiger partial charge in [0.15, 0.2) is 0 Å². The number of nitrogen functional groups attached to an aromatic ring is 1. The molecule has 0 aromatic heterocycles. The molecule has 0 heterocycles. The third-order valence-corrected chi connectivity index (χ3v) is 6.89. The van der Waals surface area contributed by atoms with Crippen LogP contribution in [0.2, 0.25) is 0 Å². The van der Waals surface area contributed by atoms with Crippen LogP contribution in [-0.4, -0.2) is 36.5 Å². The lowest BCUT2D eigenvalue weighted by Gasteiger charge is -2.56. The lowest BCUT2D eigenvalue weighted by Crippen LogP contribution is -2.62. The molecule has 1 atom stereocenters. The summed E-state index contributed by atoms with van der Waals surface area (Å²) < 4.78 is 4.91. The van der Waals surface area contributed by atoms with Gasteiger partial charge in [0.1, 0.15) is 11.9 Å². The maximum atomic E-state index is 12.8. The molecule has 29 heavy (non-hydrogen) atoms. The monoisotopic (exact) mass is 398 g/mol. The van der Waals surface area contributed by atoms with Gasteiger partial charge in [-0.2, -0.15) is 0 Å². The lowest BCUT2D eigenvalue weighted by atomic mass is 9.53. The third kappa shape index (κ3) is 4.23. The number of benzene rings is 1. The zero-order chi connectivity index (χ0) is 20.6. The van der Waals surface area contributed by atoms with Gasteiger partial charge in [0, 0.05) is 17.5 Å². The highest BCUT2D eigenvalue weighted by Gasteiger charge is 2.51. The summed E-state index contributed by atoms with van der Waals surface area (Å²) >= 11 is 0. The van der Waals surface area contributed by atoms with Crippen LogP contribution in [0.15, 0.2) is 24.3 Å². The summed E-state index contributed by atoms with van der Waals surface area (Å²) in [6.07, 6.45) is 7.35. The highest BCUT2D eigenvalue weighted by atomic mass is 16.5. The molecule has 0 spiro atoms. The van der Waals surface area contributed by atoms with E-state index in [1.165, 1.54) is 26.4 Å². The van der Waals surface area contributed by atoms with Crippen LogP contribution in [-0.2, 0) is 16.0 Å². The van der Waals surface area contributed by atoms with Crippen molar-refractivity contribution in [2.45, 2.75) is 56.5 Å². The second-order valence-electron chi connectivity index (χ2n) is 9.19. The largest absolute Gasteiger partial charge is 0.467 e. The SMILES string of the molecule is COC(=O)[C@H](Cc1cccc(C(=N)N)c1)NC(=O)NC12CC3CC(CC(C3)C1)C2. The van der Waals surface area contributed by atoms with Crippen LogP contribution in [0.5, 0.6) is 0 Å². The number of methoxy groups -OCH3 is 1. The molecule has 1 aromatic carbocycles. The van der Waals surface area contributed by atoms with Gasteiger partial charge in [-0.15, -0.1) is 0 Å². The number of amidine groups is 1. The standard InChI is InChI=1S/C22H30N4O3/c1-29-20(27)18(9-13-3-2-4-17(8-13)19(23)24)25-21(28)26-22-10-14-5-15(11-22)7-16(6-14)12-22/h2-4,8,14-16,18H,5-7,9-12H2,1H3,(H3,23,24)(H2,25,26,28)/t14?,15?,16?,18-,22?/m0/s1. The Morgan fingerprint density at radius 3 is 2.38 bits per heavy atom. The molecule has 7 nitrogen and oxygen atoms in total. The second kappa shape index (κ2) is 7.69. The average molecular weight is 399 g/mol. The molecule has 4 aliphatic carbocycles. The predicted molar refractivity (Wildman–Crippen MR) is 110 cm³/mol. The first-order valence-corrected chi connectivity index (χ1v) is 10.5. The molecule has 0 saturated heterocycles. The molecule has 2 amide bonds. The topological polar surface area (TPSA) is 117 Å². The third-order valence-electron chi connectivity index (χ3n) is 6.89. The minimum Gasteiger partial charge on any atom is -0.467 e. The molecular weight excluding hydrogens is 368 g/mol. The van der Waals surface area contributed by atoms with Crippen molar-refractivity contribution >= 4 is 17.8 Å². The van der Waals surface area contributed by atoms with Crippen molar-refractivity contribution in [2.24, 2.45) is 23.5 Å². The quantitative estimate of drug-likeness (QED) is 0.334. The van der Waals surface area contributed by atoms with Crippen molar-refractivity contribution in [3.05, 3.63) is 35.4 Å². The Kier molecular flexibility index (Phi) is 5.23. The molecule has 0 aliphatic heterocycles. The van der Waals surface area contributed by atoms with Gasteiger partial charge in [-0.25, -0.2) is 9.59 Å². The molecule has 5 rings (SSSR count). The maximum Gasteiger partial charge on any atom is 0.328 e. The van der Waals surface area contributed by atoms with E-state index in [9.17, 15) is 9.59 Å². The smallest absolute Gasteiger partial charge is 0.328 e. The summed E-state index contributed by atoms with van der Waals surface area (Å²) in [5.74, 6) is 1.67. The number of hydrogen-bond acceptors (Lipinski definition) is 4. The molecule has 5 N–H and O–H groups in total. The number of nitrogens with one attached hydrogen (secondary N) is 3. The normalized spacial score (nSPS) is 30.4. The molecule has 1 aromatic rings. The van der Waals surface area contributed by atoms with Crippen LogP contribution in [0.25, 0.3) is 0 Å². The molecule has 4 fully saturated rings. The Hall–Kier alpha value is -2.57. The van der Waals surface area contributed by atoms with E-state index in [1.807, 2.05) is 6.07 Å². The highest BCUT2D eigenvalue weighted by molar-refractivity contribution is 5.95. The Labute approximate surface area is 171 Å². The van der Waals surface area contributed by atoms with Gasteiger partial charge < -0.3 is 21.1 Å². The summed E-state index contributed by atoms with van der Waals surface area (Å²) in [6.45, 7) is 0. The number of esters is 1. The number of ether oxygens (including phenoxy) is 1. The Balaban J connectivity index is 1.43. The number of amides is 2. The number of hydrogen-bond donors (Lipinski definition) is 4. The summed E-state index contributed by atoms with van der Waals surface area (Å²) in [5, 5.41) is 13.7. The molecule has 4 aliphatic rings. The number of urea groups is 1. The van der Waals surface area contributed by atoms with Gasteiger partial charge in [-0.1, -0.05) is 18.2 Å². The first-order chi connectivity index (χ1) is 13.9. The van der Waals surface area contributed by atoms with E-state index in [0.717, 1.165) is 42.6 Å². The Morgan fingerprint density at radius 2 is 1.83 bits per heavy atom. The van der Waals surface area contributed by atoms with Gasteiger partial charge >= 0.3 is 12.0 Å². The van der Waals surface area contributed by atoms with Crippen molar-refractivity contribution in [1.29, 1.82) is 5.41 Å². The molecule has 4 saturated carbocycles. The van der Waals surface area contributed by atoms with E-state index in [-0.39, 0.29) is 23.8 Å². The van der Waals surface area contributed by atoms with Gasteiger partial charge in [-0.05, 0) is 67.9 Å². The molecule has 4 bridgehead atoms. The molecular formula is C22H30N4O3. The van der Waals surface area contributed by atoms with Gasteiger partial charge in [-0.3, -0.25) is 5.41 Å². The molecule has 0 unspecified atom stereocenters. The van der Waals surface area contributed by atoms with Gasteiger partial charge in [0.05, 0.1) is 7.11 Å². The van der Waals surface area contributed by atoms with Crippen LogP contribution in [0.4, 0.5) is 4.79 Å². The van der Waals surface area contributed by atoms with Crippen molar-refractivity contribution in [2.75, 3.05) is 7.11 Å². The van der Waals surface area contributed by atoms with Crippen molar-refractivity contribution in [3.8, 4) is 0 Å². The minimum absolute atomic E-state index is 0.0333.